The van der Waals surface area contributed by atoms with Crippen molar-refractivity contribution in [2.75, 3.05) is 23.7 Å². The molecule has 0 aliphatic carbocycles. The summed E-state index contributed by atoms with van der Waals surface area (Å²) in [5.74, 6) is 0. The topological polar surface area (TPSA) is 173 Å². The minimum Gasteiger partial charge on any atom is -0.744 e. The molecule has 6 aromatic rings. The molecular formula is C38H32N2Na2O8P2S2. The molecule has 0 atom stereocenters. The van der Waals surface area contributed by atoms with Crippen LogP contribution < -0.4 is 102 Å². The van der Waals surface area contributed by atoms with E-state index in [-0.39, 0.29) is 82.8 Å². The van der Waals surface area contributed by atoms with Gasteiger partial charge in [0.15, 0.2) is 14.3 Å². The maximum atomic E-state index is 15.3. The van der Waals surface area contributed by atoms with E-state index in [0.29, 0.717) is 32.6 Å². The Balaban J connectivity index is 0.00000325. The molecule has 0 aliphatic rings. The zero-order chi connectivity index (χ0) is 37.0. The van der Waals surface area contributed by atoms with Crippen molar-refractivity contribution in [1.82, 2.24) is 0 Å². The minimum atomic E-state index is -4.91. The van der Waals surface area contributed by atoms with E-state index in [9.17, 15) is 25.9 Å². The predicted octanol–water partition coefficient (Wildman–Crippen LogP) is -1.69. The molecule has 6 rings (SSSR count). The van der Waals surface area contributed by atoms with Gasteiger partial charge in [-0.3, -0.25) is 0 Å². The van der Waals surface area contributed by atoms with E-state index < -0.39 is 44.3 Å². The Morgan fingerprint density at radius 3 is 0.926 bits per heavy atom. The van der Waals surface area contributed by atoms with Gasteiger partial charge in [0.25, 0.3) is 0 Å². The van der Waals surface area contributed by atoms with E-state index in [1.807, 2.05) is 0 Å². The number of hydrogen-bond donors (Lipinski definition) is 2. The maximum Gasteiger partial charge on any atom is 1.00 e. The van der Waals surface area contributed by atoms with Gasteiger partial charge in [-0.15, -0.1) is 0 Å². The molecule has 0 aromatic heterocycles. The molecule has 0 unspecified atom stereocenters. The Labute approximate surface area is 359 Å². The maximum absolute atomic E-state index is 15.3. The van der Waals surface area contributed by atoms with E-state index in [4.69, 9.17) is 0 Å². The first-order chi connectivity index (χ1) is 24.8. The summed E-state index contributed by atoms with van der Waals surface area (Å²) in [6, 6.07) is 41.7. The molecule has 0 heterocycles. The van der Waals surface area contributed by atoms with Gasteiger partial charge in [0.2, 0.25) is 0 Å². The Morgan fingerprint density at radius 1 is 0.426 bits per heavy atom. The Hall–Kier alpha value is -2.80. The standard InChI is InChI=1S/C38H34N2O8P2S2.2Na/c41-49(29-13-5-1-6-14-29,30-15-7-2-8-16-30)37-27-33(51(43,44)45)21-23-35(37)39-25-26-40-36-24-22-34(52(46,47)48)28-38(36)50(42,31-17-9-3-10-18-31)32-19-11-4-12-20-32;;/h1-24,27-28,39-40H,25-26H2,(H,43,44,45)(H,46,47,48);;/q;2*+1/p-2. The van der Waals surface area contributed by atoms with Gasteiger partial charge in [0.05, 0.1) is 9.79 Å². The van der Waals surface area contributed by atoms with Crippen molar-refractivity contribution in [2.24, 2.45) is 0 Å². The van der Waals surface area contributed by atoms with Gasteiger partial charge in [0, 0.05) is 56.3 Å². The van der Waals surface area contributed by atoms with Crippen molar-refractivity contribution in [3.8, 4) is 0 Å². The number of rotatable bonds is 13. The zero-order valence-electron chi connectivity index (χ0n) is 29.4. The summed E-state index contributed by atoms with van der Waals surface area (Å²) >= 11 is 0. The summed E-state index contributed by atoms with van der Waals surface area (Å²) < 4.78 is 103. The van der Waals surface area contributed by atoms with E-state index in [1.54, 1.807) is 121 Å². The van der Waals surface area contributed by atoms with E-state index in [0.717, 1.165) is 24.3 Å². The molecule has 0 aliphatic heterocycles. The van der Waals surface area contributed by atoms with Crippen LogP contribution in [0.15, 0.2) is 168 Å². The average molecular weight is 817 g/mol. The van der Waals surface area contributed by atoms with Crippen LogP contribution in [0.4, 0.5) is 11.4 Å². The first kappa shape index (κ1) is 43.9. The Morgan fingerprint density at radius 2 is 0.685 bits per heavy atom. The molecule has 10 nitrogen and oxygen atoms in total. The number of nitrogens with one attached hydrogen (secondary N) is 2. The largest absolute Gasteiger partial charge is 1.00 e. The monoisotopic (exact) mass is 816 g/mol. The molecule has 0 saturated carbocycles. The quantitative estimate of drug-likeness (QED) is 0.0593. The number of anilines is 2. The van der Waals surface area contributed by atoms with E-state index in [2.05, 4.69) is 10.6 Å². The van der Waals surface area contributed by atoms with Crippen LogP contribution in [0.5, 0.6) is 0 Å². The van der Waals surface area contributed by atoms with Crippen molar-refractivity contribution in [2.45, 2.75) is 9.79 Å². The van der Waals surface area contributed by atoms with Gasteiger partial charge in [-0.05, 0) is 36.4 Å². The predicted molar refractivity (Wildman–Crippen MR) is 205 cm³/mol. The van der Waals surface area contributed by atoms with Gasteiger partial charge in [-0.25, -0.2) is 16.8 Å². The van der Waals surface area contributed by atoms with Crippen LogP contribution in [0.25, 0.3) is 0 Å². The second-order valence-electron chi connectivity index (χ2n) is 11.7. The molecule has 0 radical (unpaired) electrons. The summed E-state index contributed by atoms with van der Waals surface area (Å²) in [5.41, 5.74) is 0.634. The fourth-order valence-corrected chi connectivity index (χ4v) is 12.8. The fraction of sp³-hybridized carbons (Fsp3) is 0.0526. The molecule has 16 heteroatoms. The molecule has 0 saturated heterocycles. The van der Waals surface area contributed by atoms with E-state index in [1.165, 1.54) is 12.1 Å². The SMILES string of the molecule is O=P(c1ccccc1)(c1ccccc1)c1cc(S(=O)(=O)[O-])ccc1NCCNc1ccc(S(=O)(=O)[O-])cc1P(=O)(c1ccccc1)c1ccccc1.[Na+].[Na+]. The summed E-state index contributed by atoms with van der Waals surface area (Å²) in [7, 11) is -17.3. The van der Waals surface area contributed by atoms with Crippen LogP contribution in [0.1, 0.15) is 0 Å². The van der Waals surface area contributed by atoms with Crippen LogP contribution in [0.3, 0.4) is 0 Å². The molecule has 6 aromatic carbocycles. The minimum absolute atomic E-state index is 0. The normalized spacial score (nSPS) is 11.8. The van der Waals surface area contributed by atoms with Gasteiger partial charge < -0.3 is 28.9 Å². The first-order valence-electron chi connectivity index (χ1n) is 15.9. The number of hydrogen-bond acceptors (Lipinski definition) is 10. The van der Waals surface area contributed by atoms with Gasteiger partial charge in [-0.1, -0.05) is 121 Å². The summed E-state index contributed by atoms with van der Waals surface area (Å²) in [6.07, 6.45) is 0. The Kier molecular flexibility index (Phi) is 15.0. The van der Waals surface area contributed by atoms with Crippen molar-refractivity contribution in [3.05, 3.63) is 158 Å². The van der Waals surface area contributed by atoms with Crippen LogP contribution in [-0.2, 0) is 29.4 Å². The molecule has 266 valence electrons. The third kappa shape index (κ3) is 9.41. The van der Waals surface area contributed by atoms with E-state index >= 15 is 9.13 Å². The van der Waals surface area contributed by atoms with Crippen molar-refractivity contribution in [3.63, 3.8) is 0 Å². The fourth-order valence-electron chi connectivity index (χ4n) is 5.95. The smallest absolute Gasteiger partial charge is 0.744 e. The molecule has 0 fully saturated rings. The van der Waals surface area contributed by atoms with Crippen LogP contribution in [0.2, 0.25) is 0 Å². The molecular weight excluding hydrogens is 784 g/mol. The number of benzene rings is 6. The molecule has 2 N–H and O–H groups in total. The zero-order valence-corrected chi connectivity index (χ0v) is 36.8. The summed E-state index contributed by atoms with van der Waals surface area (Å²) in [5, 5.41) is 8.38. The van der Waals surface area contributed by atoms with Crippen LogP contribution in [-0.4, -0.2) is 39.0 Å². The van der Waals surface area contributed by atoms with Crippen molar-refractivity contribution < 1.29 is 94.2 Å². The average Bonchev–Trinajstić information content (AvgIpc) is 3.16. The third-order valence-electron chi connectivity index (χ3n) is 8.43. The summed E-state index contributed by atoms with van der Waals surface area (Å²) in [6.45, 7) is 0.282. The van der Waals surface area contributed by atoms with Gasteiger partial charge in [0.1, 0.15) is 20.2 Å². The Bertz CT molecular complexity index is 2270. The van der Waals surface area contributed by atoms with Crippen molar-refractivity contribution >= 4 is 77.7 Å². The van der Waals surface area contributed by atoms with Gasteiger partial charge >= 0.3 is 59.1 Å². The molecule has 0 amide bonds. The molecule has 0 bridgehead atoms. The van der Waals surface area contributed by atoms with Gasteiger partial charge in [-0.2, -0.15) is 0 Å². The van der Waals surface area contributed by atoms with Crippen LogP contribution >= 0.6 is 14.3 Å². The first-order valence-corrected chi connectivity index (χ1v) is 22.2. The molecule has 0 spiro atoms. The second kappa shape index (κ2) is 18.4. The third-order valence-corrected chi connectivity index (χ3v) is 16.3. The second-order valence-corrected chi connectivity index (χ2v) is 19.9. The van der Waals surface area contributed by atoms with Crippen molar-refractivity contribution in [1.29, 1.82) is 0 Å². The summed E-state index contributed by atoms with van der Waals surface area (Å²) in [4.78, 5) is -1.07. The molecule has 54 heavy (non-hydrogen) atoms. The van der Waals surface area contributed by atoms with Crippen LogP contribution in [0, 0.1) is 0 Å².